The summed E-state index contributed by atoms with van der Waals surface area (Å²) in [6, 6.07) is 3.45. The number of aromatic nitrogens is 1. The standard InChI is InChI=1S/C10H16ClN3O/c1-3-14(6-7-15-2)10-8(12)4-5-9(11)13-10/h4-5H,3,6-7,12H2,1-2H3. The molecule has 0 spiro atoms. The summed E-state index contributed by atoms with van der Waals surface area (Å²) in [4.78, 5) is 6.24. The summed E-state index contributed by atoms with van der Waals surface area (Å²) in [5.74, 6) is 0.724. The monoisotopic (exact) mass is 229 g/mol. The summed E-state index contributed by atoms with van der Waals surface area (Å²) in [5, 5.41) is 0.454. The van der Waals surface area contributed by atoms with Crippen LogP contribution in [-0.2, 0) is 4.74 Å². The van der Waals surface area contributed by atoms with Gasteiger partial charge in [-0.2, -0.15) is 0 Å². The Morgan fingerprint density at radius 3 is 2.87 bits per heavy atom. The van der Waals surface area contributed by atoms with E-state index in [4.69, 9.17) is 22.1 Å². The fourth-order valence-corrected chi connectivity index (χ4v) is 1.45. The highest BCUT2D eigenvalue weighted by Crippen LogP contribution is 2.22. The molecule has 0 aromatic carbocycles. The number of nitrogen functional groups attached to an aromatic ring is 1. The van der Waals surface area contributed by atoms with Crippen LogP contribution in [0.4, 0.5) is 11.5 Å². The second kappa shape index (κ2) is 5.78. The Morgan fingerprint density at radius 1 is 1.53 bits per heavy atom. The van der Waals surface area contributed by atoms with E-state index in [2.05, 4.69) is 4.98 Å². The van der Waals surface area contributed by atoms with Crippen molar-refractivity contribution in [3.63, 3.8) is 0 Å². The zero-order valence-corrected chi connectivity index (χ0v) is 9.79. The number of halogens is 1. The number of likely N-dealkylation sites (N-methyl/N-ethyl adjacent to an activating group) is 1. The van der Waals surface area contributed by atoms with Crippen LogP contribution in [0.15, 0.2) is 12.1 Å². The van der Waals surface area contributed by atoms with Crippen LogP contribution in [0.2, 0.25) is 5.15 Å². The molecule has 0 fully saturated rings. The number of anilines is 2. The minimum absolute atomic E-state index is 0.454. The molecule has 1 aromatic rings. The molecule has 0 atom stereocenters. The second-order valence-electron chi connectivity index (χ2n) is 3.12. The summed E-state index contributed by atoms with van der Waals surface area (Å²) in [7, 11) is 1.67. The Bertz CT molecular complexity index is 320. The summed E-state index contributed by atoms with van der Waals surface area (Å²) in [6.45, 7) is 4.25. The number of hydrogen-bond acceptors (Lipinski definition) is 4. The van der Waals surface area contributed by atoms with Crippen LogP contribution in [0.5, 0.6) is 0 Å². The van der Waals surface area contributed by atoms with Gasteiger partial charge in [0.2, 0.25) is 0 Å². The molecule has 0 aliphatic heterocycles. The summed E-state index contributed by atoms with van der Waals surface area (Å²) < 4.78 is 5.02. The second-order valence-corrected chi connectivity index (χ2v) is 3.51. The maximum Gasteiger partial charge on any atom is 0.153 e. The third kappa shape index (κ3) is 3.25. The van der Waals surface area contributed by atoms with Gasteiger partial charge in [-0.05, 0) is 19.1 Å². The molecule has 5 heteroatoms. The molecule has 0 saturated heterocycles. The topological polar surface area (TPSA) is 51.4 Å². The van der Waals surface area contributed by atoms with E-state index in [1.54, 1.807) is 19.2 Å². The van der Waals surface area contributed by atoms with Crippen molar-refractivity contribution in [1.82, 2.24) is 4.98 Å². The van der Waals surface area contributed by atoms with Crippen LogP contribution in [0.3, 0.4) is 0 Å². The molecule has 0 saturated carbocycles. The van der Waals surface area contributed by atoms with Gasteiger partial charge in [0.05, 0.1) is 12.3 Å². The quantitative estimate of drug-likeness (QED) is 0.783. The molecule has 1 aromatic heterocycles. The number of ether oxygens (including phenoxy) is 1. The van der Waals surface area contributed by atoms with Gasteiger partial charge in [-0.15, -0.1) is 0 Å². The largest absolute Gasteiger partial charge is 0.396 e. The lowest BCUT2D eigenvalue weighted by Gasteiger charge is -2.22. The van der Waals surface area contributed by atoms with Gasteiger partial charge in [-0.3, -0.25) is 0 Å². The van der Waals surface area contributed by atoms with Gasteiger partial charge in [0.25, 0.3) is 0 Å². The van der Waals surface area contributed by atoms with Crippen LogP contribution in [0.25, 0.3) is 0 Å². The molecule has 84 valence electrons. The Balaban J connectivity index is 2.85. The van der Waals surface area contributed by atoms with Crippen molar-refractivity contribution >= 4 is 23.1 Å². The van der Waals surface area contributed by atoms with E-state index in [0.717, 1.165) is 18.9 Å². The molecule has 4 nitrogen and oxygen atoms in total. The van der Waals surface area contributed by atoms with Crippen molar-refractivity contribution in [3.05, 3.63) is 17.3 Å². The van der Waals surface area contributed by atoms with E-state index in [-0.39, 0.29) is 0 Å². The zero-order valence-electron chi connectivity index (χ0n) is 9.03. The number of hydrogen-bond donors (Lipinski definition) is 1. The zero-order chi connectivity index (χ0) is 11.3. The number of methoxy groups -OCH3 is 1. The maximum absolute atomic E-state index is 5.83. The molecule has 2 N–H and O–H groups in total. The lowest BCUT2D eigenvalue weighted by atomic mass is 10.3. The molecule has 1 heterocycles. The predicted molar refractivity (Wildman–Crippen MR) is 63.4 cm³/mol. The fraction of sp³-hybridized carbons (Fsp3) is 0.500. The number of pyridine rings is 1. The molecular formula is C10H16ClN3O. The first-order valence-corrected chi connectivity index (χ1v) is 5.22. The third-order valence-electron chi connectivity index (χ3n) is 2.12. The van der Waals surface area contributed by atoms with Gasteiger partial charge in [0.1, 0.15) is 5.15 Å². The Hall–Kier alpha value is -1.00. The summed E-state index contributed by atoms with van der Waals surface area (Å²) in [5.41, 5.74) is 6.47. The Morgan fingerprint density at radius 2 is 2.27 bits per heavy atom. The van der Waals surface area contributed by atoms with Crippen LogP contribution in [0.1, 0.15) is 6.92 Å². The van der Waals surface area contributed by atoms with Crippen molar-refractivity contribution in [2.45, 2.75) is 6.92 Å². The highest BCUT2D eigenvalue weighted by Gasteiger charge is 2.09. The molecule has 0 aliphatic rings. The Kier molecular flexibility index (Phi) is 4.65. The minimum atomic E-state index is 0.454. The van der Waals surface area contributed by atoms with Crippen molar-refractivity contribution in [1.29, 1.82) is 0 Å². The van der Waals surface area contributed by atoms with E-state index in [1.165, 1.54) is 0 Å². The highest BCUT2D eigenvalue weighted by molar-refractivity contribution is 6.29. The number of rotatable bonds is 5. The molecule has 0 unspecified atom stereocenters. The average Bonchev–Trinajstić information content (AvgIpc) is 2.24. The predicted octanol–water partition coefficient (Wildman–Crippen LogP) is 1.79. The van der Waals surface area contributed by atoms with E-state index < -0.39 is 0 Å². The van der Waals surface area contributed by atoms with E-state index >= 15 is 0 Å². The van der Waals surface area contributed by atoms with Gasteiger partial charge >= 0.3 is 0 Å². The average molecular weight is 230 g/mol. The molecule has 0 bridgehead atoms. The normalized spacial score (nSPS) is 10.3. The third-order valence-corrected chi connectivity index (χ3v) is 2.33. The van der Waals surface area contributed by atoms with Crippen LogP contribution in [-0.4, -0.2) is 31.8 Å². The van der Waals surface area contributed by atoms with Gasteiger partial charge in [0.15, 0.2) is 5.82 Å². The van der Waals surface area contributed by atoms with E-state index in [1.807, 2.05) is 11.8 Å². The number of nitrogens with zero attached hydrogens (tertiary/aromatic N) is 2. The summed E-state index contributed by atoms with van der Waals surface area (Å²) in [6.07, 6.45) is 0. The lowest BCUT2D eigenvalue weighted by Crippen LogP contribution is -2.28. The van der Waals surface area contributed by atoms with E-state index in [0.29, 0.717) is 17.4 Å². The molecule has 0 radical (unpaired) electrons. The first-order chi connectivity index (χ1) is 7.19. The smallest absolute Gasteiger partial charge is 0.153 e. The number of nitrogens with two attached hydrogens (primary N) is 1. The first-order valence-electron chi connectivity index (χ1n) is 4.85. The molecule has 0 amide bonds. The molecule has 15 heavy (non-hydrogen) atoms. The van der Waals surface area contributed by atoms with Crippen LogP contribution >= 0.6 is 11.6 Å². The fourth-order valence-electron chi connectivity index (χ4n) is 1.30. The van der Waals surface area contributed by atoms with Crippen molar-refractivity contribution in [3.8, 4) is 0 Å². The van der Waals surface area contributed by atoms with Gasteiger partial charge in [-0.1, -0.05) is 11.6 Å². The SMILES string of the molecule is CCN(CCOC)c1nc(Cl)ccc1N. The Labute approximate surface area is 95.0 Å². The highest BCUT2D eigenvalue weighted by atomic mass is 35.5. The first kappa shape index (κ1) is 12.1. The lowest BCUT2D eigenvalue weighted by molar-refractivity contribution is 0.205. The van der Waals surface area contributed by atoms with Crippen molar-refractivity contribution < 1.29 is 4.74 Å². The van der Waals surface area contributed by atoms with Gasteiger partial charge in [-0.25, -0.2) is 4.98 Å². The minimum Gasteiger partial charge on any atom is -0.396 e. The maximum atomic E-state index is 5.83. The van der Waals surface area contributed by atoms with Crippen LogP contribution < -0.4 is 10.6 Å². The van der Waals surface area contributed by atoms with Crippen molar-refractivity contribution in [2.24, 2.45) is 0 Å². The van der Waals surface area contributed by atoms with Crippen LogP contribution in [0, 0.1) is 0 Å². The molecule has 1 rings (SSSR count). The molecule has 0 aliphatic carbocycles. The molecular weight excluding hydrogens is 214 g/mol. The van der Waals surface area contributed by atoms with E-state index in [9.17, 15) is 0 Å². The van der Waals surface area contributed by atoms with Gasteiger partial charge < -0.3 is 15.4 Å². The summed E-state index contributed by atoms with van der Waals surface area (Å²) >= 11 is 5.83. The van der Waals surface area contributed by atoms with Gasteiger partial charge in [0, 0.05) is 20.2 Å². The van der Waals surface area contributed by atoms with Crippen molar-refractivity contribution in [2.75, 3.05) is 37.4 Å².